The first kappa shape index (κ1) is 9.44. The van der Waals surface area contributed by atoms with Crippen LogP contribution in [0.1, 0.15) is 25.7 Å². The molecule has 1 saturated carbocycles. The predicted molar refractivity (Wildman–Crippen MR) is 50.3 cm³/mol. The average Bonchev–Trinajstić information content (AvgIpc) is 2.47. The molecule has 76 valence electrons. The Morgan fingerprint density at radius 1 is 1.31 bits per heavy atom. The topological polar surface area (TPSA) is 55.5 Å². The largest absolute Gasteiger partial charge is 0.392 e. The van der Waals surface area contributed by atoms with Gasteiger partial charge in [-0.1, -0.05) is 0 Å². The van der Waals surface area contributed by atoms with Crippen LogP contribution in [0.4, 0.5) is 0 Å². The van der Waals surface area contributed by atoms with E-state index in [0.29, 0.717) is 12.5 Å². The van der Waals surface area contributed by atoms with Crippen LogP contribution in [0.25, 0.3) is 0 Å². The highest BCUT2D eigenvalue weighted by Crippen LogP contribution is 2.48. The Hall–Kier alpha value is -0.120. The van der Waals surface area contributed by atoms with E-state index < -0.39 is 0 Å². The number of ether oxygens (including phenoxy) is 1. The van der Waals surface area contributed by atoms with Crippen molar-refractivity contribution < 1.29 is 9.84 Å². The molecule has 3 N–H and O–H groups in total. The van der Waals surface area contributed by atoms with Gasteiger partial charge >= 0.3 is 0 Å². The van der Waals surface area contributed by atoms with Crippen LogP contribution in [0.2, 0.25) is 0 Å². The van der Waals surface area contributed by atoms with Crippen molar-refractivity contribution in [1.29, 1.82) is 0 Å². The summed E-state index contributed by atoms with van der Waals surface area (Å²) >= 11 is 0. The molecule has 0 aromatic heterocycles. The molecule has 2 atom stereocenters. The number of hydrogen-bond donors (Lipinski definition) is 2. The van der Waals surface area contributed by atoms with Crippen LogP contribution in [0.3, 0.4) is 0 Å². The number of aliphatic hydroxyl groups is 1. The fourth-order valence-corrected chi connectivity index (χ4v) is 2.85. The van der Waals surface area contributed by atoms with Crippen molar-refractivity contribution >= 4 is 0 Å². The summed E-state index contributed by atoms with van der Waals surface area (Å²) in [6.45, 7) is 2.26. The second-order valence-corrected chi connectivity index (χ2v) is 4.45. The number of hydrogen-bond acceptors (Lipinski definition) is 3. The Morgan fingerprint density at radius 3 is 2.54 bits per heavy atom. The van der Waals surface area contributed by atoms with Crippen LogP contribution in [0, 0.1) is 11.3 Å². The van der Waals surface area contributed by atoms with Crippen LogP contribution in [0.5, 0.6) is 0 Å². The van der Waals surface area contributed by atoms with Gasteiger partial charge in [-0.05, 0) is 38.1 Å². The van der Waals surface area contributed by atoms with Gasteiger partial charge in [-0.3, -0.25) is 0 Å². The molecule has 0 radical (unpaired) electrons. The van der Waals surface area contributed by atoms with Crippen LogP contribution in [0.15, 0.2) is 0 Å². The maximum Gasteiger partial charge on any atom is 0.0638 e. The van der Waals surface area contributed by atoms with Gasteiger partial charge in [-0.15, -0.1) is 0 Å². The van der Waals surface area contributed by atoms with Crippen molar-refractivity contribution in [1.82, 2.24) is 0 Å². The Bertz CT molecular complexity index is 178. The second kappa shape index (κ2) is 3.56. The summed E-state index contributed by atoms with van der Waals surface area (Å²) in [5, 5.41) is 10.1. The molecule has 1 aliphatic heterocycles. The Kier molecular flexibility index (Phi) is 2.58. The zero-order chi connectivity index (χ0) is 9.31. The molecule has 1 spiro atoms. The molecular weight excluding hydrogens is 166 g/mol. The summed E-state index contributed by atoms with van der Waals surface area (Å²) in [5.41, 5.74) is 5.78. The first-order chi connectivity index (χ1) is 6.28. The van der Waals surface area contributed by atoms with E-state index in [0.717, 1.165) is 38.9 Å². The molecule has 3 nitrogen and oxygen atoms in total. The van der Waals surface area contributed by atoms with E-state index in [4.69, 9.17) is 10.5 Å². The maximum atomic E-state index is 10.1. The zero-order valence-corrected chi connectivity index (χ0v) is 8.04. The first-order valence-electron chi connectivity index (χ1n) is 5.24. The standard InChI is InChI=1S/C10H19NO2/c11-7-8-1-2-10(9(8)12)3-5-13-6-4-10/h8-9,12H,1-7,11H2/t8-,9+/m1/s1. The van der Waals surface area contributed by atoms with Gasteiger partial charge in [0.05, 0.1) is 6.10 Å². The molecule has 1 heterocycles. The monoisotopic (exact) mass is 185 g/mol. The maximum absolute atomic E-state index is 10.1. The molecule has 1 aliphatic carbocycles. The summed E-state index contributed by atoms with van der Waals surface area (Å²) in [6.07, 6.45) is 4.09. The van der Waals surface area contributed by atoms with Crippen molar-refractivity contribution in [3.63, 3.8) is 0 Å². The lowest BCUT2D eigenvalue weighted by Gasteiger charge is -2.37. The second-order valence-electron chi connectivity index (χ2n) is 4.45. The molecule has 0 amide bonds. The predicted octanol–water partition coefficient (Wildman–Crippen LogP) is 0.513. The van der Waals surface area contributed by atoms with E-state index in [1.165, 1.54) is 0 Å². The lowest BCUT2D eigenvalue weighted by Crippen LogP contribution is -2.40. The van der Waals surface area contributed by atoms with Gasteiger partial charge in [0, 0.05) is 18.6 Å². The van der Waals surface area contributed by atoms with Crippen molar-refractivity contribution in [2.24, 2.45) is 17.1 Å². The Morgan fingerprint density at radius 2 is 2.00 bits per heavy atom. The average molecular weight is 185 g/mol. The van der Waals surface area contributed by atoms with Crippen molar-refractivity contribution in [3.8, 4) is 0 Å². The molecular formula is C10H19NO2. The van der Waals surface area contributed by atoms with Crippen LogP contribution in [-0.4, -0.2) is 31.0 Å². The summed E-state index contributed by atoms with van der Waals surface area (Å²) in [6, 6.07) is 0. The Labute approximate surface area is 79.3 Å². The van der Waals surface area contributed by atoms with Gasteiger partial charge in [-0.2, -0.15) is 0 Å². The molecule has 0 aromatic rings. The van der Waals surface area contributed by atoms with Gasteiger partial charge in [0.25, 0.3) is 0 Å². The minimum absolute atomic E-state index is 0.155. The molecule has 2 rings (SSSR count). The lowest BCUT2D eigenvalue weighted by molar-refractivity contribution is -0.0549. The summed E-state index contributed by atoms with van der Waals surface area (Å²) in [4.78, 5) is 0. The number of nitrogens with two attached hydrogens (primary N) is 1. The van der Waals surface area contributed by atoms with Gasteiger partial charge in [-0.25, -0.2) is 0 Å². The highest BCUT2D eigenvalue weighted by atomic mass is 16.5. The highest BCUT2D eigenvalue weighted by molar-refractivity contribution is 4.98. The molecule has 2 aliphatic rings. The molecule has 0 unspecified atom stereocenters. The van der Waals surface area contributed by atoms with Crippen molar-refractivity contribution in [2.45, 2.75) is 31.8 Å². The third-order valence-corrected chi connectivity index (χ3v) is 3.88. The van der Waals surface area contributed by atoms with Gasteiger partial charge in [0.2, 0.25) is 0 Å². The van der Waals surface area contributed by atoms with Crippen molar-refractivity contribution in [3.05, 3.63) is 0 Å². The third-order valence-electron chi connectivity index (χ3n) is 3.88. The third kappa shape index (κ3) is 1.49. The molecule has 1 saturated heterocycles. The lowest BCUT2D eigenvalue weighted by atomic mass is 9.76. The first-order valence-corrected chi connectivity index (χ1v) is 5.24. The number of aliphatic hydroxyl groups excluding tert-OH is 1. The van der Waals surface area contributed by atoms with E-state index in [1.807, 2.05) is 0 Å². The van der Waals surface area contributed by atoms with Crippen LogP contribution in [-0.2, 0) is 4.74 Å². The molecule has 0 bridgehead atoms. The van der Waals surface area contributed by atoms with E-state index >= 15 is 0 Å². The molecule has 3 heteroatoms. The van der Waals surface area contributed by atoms with E-state index in [9.17, 15) is 5.11 Å². The smallest absolute Gasteiger partial charge is 0.0638 e. The SMILES string of the molecule is NC[C@H]1CCC2(CCOCC2)[C@H]1O. The fraction of sp³-hybridized carbons (Fsp3) is 1.00. The van der Waals surface area contributed by atoms with E-state index in [-0.39, 0.29) is 11.5 Å². The minimum Gasteiger partial charge on any atom is -0.392 e. The number of rotatable bonds is 1. The van der Waals surface area contributed by atoms with Gasteiger partial charge in [0.1, 0.15) is 0 Å². The van der Waals surface area contributed by atoms with E-state index in [1.54, 1.807) is 0 Å². The highest BCUT2D eigenvalue weighted by Gasteiger charge is 2.47. The fourth-order valence-electron chi connectivity index (χ4n) is 2.85. The van der Waals surface area contributed by atoms with Gasteiger partial charge in [0.15, 0.2) is 0 Å². The van der Waals surface area contributed by atoms with Gasteiger partial charge < -0.3 is 15.6 Å². The normalized spacial score (nSPS) is 38.3. The van der Waals surface area contributed by atoms with Crippen LogP contribution >= 0.6 is 0 Å². The van der Waals surface area contributed by atoms with E-state index in [2.05, 4.69) is 0 Å². The Balaban J connectivity index is 2.06. The summed E-state index contributed by atoms with van der Waals surface area (Å²) < 4.78 is 5.33. The zero-order valence-electron chi connectivity index (χ0n) is 8.04. The minimum atomic E-state index is -0.179. The molecule has 2 fully saturated rings. The quantitative estimate of drug-likeness (QED) is 0.626. The summed E-state index contributed by atoms with van der Waals surface area (Å²) in [5.74, 6) is 0.332. The van der Waals surface area contributed by atoms with Crippen LogP contribution < -0.4 is 5.73 Å². The van der Waals surface area contributed by atoms with Crippen molar-refractivity contribution in [2.75, 3.05) is 19.8 Å². The molecule has 13 heavy (non-hydrogen) atoms. The molecule has 0 aromatic carbocycles. The summed E-state index contributed by atoms with van der Waals surface area (Å²) in [7, 11) is 0.